The minimum Gasteiger partial charge on any atom is -0.308 e. The van der Waals surface area contributed by atoms with Crippen LogP contribution in [-0.4, -0.2) is 40.5 Å². The highest BCUT2D eigenvalue weighted by molar-refractivity contribution is 7.89. The van der Waals surface area contributed by atoms with Crippen LogP contribution in [0.25, 0.3) is 0 Å². The molecule has 0 spiro atoms. The van der Waals surface area contributed by atoms with Gasteiger partial charge in [0, 0.05) is 13.1 Å². The Morgan fingerprint density at radius 3 is 2.35 bits per heavy atom. The Kier molecular flexibility index (Phi) is 4.63. The highest BCUT2D eigenvalue weighted by Gasteiger charge is 2.12. The maximum absolute atomic E-state index is 11.8. The first-order valence-corrected chi connectivity index (χ1v) is 6.58. The fourth-order valence-corrected chi connectivity index (χ4v) is 2.22. The molecule has 0 unspecified atom stereocenters. The quantitative estimate of drug-likeness (QED) is 0.824. The summed E-state index contributed by atoms with van der Waals surface area (Å²) in [5.74, 6) is 0. The summed E-state index contributed by atoms with van der Waals surface area (Å²) in [6.45, 7) is 0.991. The smallest absolute Gasteiger partial charge is 0.240 e. The van der Waals surface area contributed by atoms with Crippen LogP contribution in [0.1, 0.15) is 5.56 Å². The summed E-state index contributed by atoms with van der Waals surface area (Å²) in [4.78, 5) is 2.07. The summed E-state index contributed by atoms with van der Waals surface area (Å²) in [5, 5.41) is 8.61. The van der Waals surface area contributed by atoms with Gasteiger partial charge in [-0.3, -0.25) is 0 Å². The average molecular weight is 253 g/mol. The average Bonchev–Trinajstić information content (AvgIpc) is 2.28. The van der Waals surface area contributed by atoms with Crippen LogP contribution in [0.4, 0.5) is 0 Å². The van der Waals surface area contributed by atoms with Gasteiger partial charge in [0.1, 0.15) is 0 Å². The van der Waals surface area contributed by atoms with E-state index in [9.17, 15) is 8.42 Å². The van der Waals surface area contributed by atoms with Crippen LogP contribution >= 0.6 is 0 Å². The molecular weight excluding hydrogens is 238 g/mol. The lowest BCUT2D eigenvalue weighted by molar-refractivity contribution is 0.412. The Labute approximate surface area is 102 Å². The summed E-state index contributed by atoms with van der Waals surface area (Å²) < 4.78 is 26.1. The lowest BCUT2D eigenvalue weighted by Crippen LogP contribution is -2.31. The highest BCUT2D eigenvalue weighted by atomic mass is 32.2. The molecule has 1 aromatic carbocycles. The largest absolute Gasteiger partial charge is 0.308 e. The van der Waals surface area contributed by atoms with Gasteiger partial charge in [-0.25, -0.2) is 13.1 Å². The third-order valence-corrected chi connectivity index (χ3v) is 3.62. The number of nitriles is 1. The van der Waals surface area contributed by atoms with Crippen molar-refractivity contribution < 1.29 is 8.42 Å². The Hall–Kier alpha value is -1.42. The Bertz CT molecular complexity index is 501. The van der Waals surface area contributed by atoms with Crippen molar-refractivity contribution in [3.05, 3.63) is 29.8 Å². The van der Waals surface area contributed by atoms with E-state index in [1.54, 1.807) is 0 Å². The molecule has 0 fully saturated rings. The molecule has 0 saturated carbocycles. The van der Waals surface area contributed by atoms with Crippen molar-refractivity contribution >= 4 is 10.0 Å². The number of hydrogen-bond acceptors (Lipinski definition) is 4. The molecule has 1 rings (SSSR count). The summed E-state index contributed by atoms with van der Waals surface area (Å²) in [5.41, 5.74) is 0.442. The van der Waals surface area contributed by atoms with Gasteiger partial charge in [0.2, 0.25) is 10.0 Å². The van der Waals surface area contributed by atoms with Crippen molar-refractivity contribution in [3.8, 4) is 6.07 Å². The van der Waals surface area contributed by atoms with Crippen LogP contribution in [0.2, 0.25) is 0 Å². The molecule has 0 amide bonds. The van der Waals surface area contributed by atoms with Crippen molar-refractivity contribution in [2.75, 3.05) is 27.2 Å². The number of benzene rings is 1. The van der Waals surface area contributed by atoms with E-state index in [0.29, 0.717) is 18.7 Å². The molecule has 0 aliphatic heterocycles. The number of rotatable bonds is 5. The molecule has 0 saturated heterocycles. The van der Waals surface area contributed by atoms with E-state index in [-0.39, 0.29) is 4.90 Å². The van der Waals surface area contributed by atoms with Gasteiger partial charge in [-0.05, 0) is 38.4 Å². The molecule has 17 heavy (non-hydrogen) atoms. The Morgan fingerprint density at radius 2 is 1.88 bits per heavy atom. The maximum Gasteiger partial charge on any atom is 0.240 e. The molecule has 0 aliphatic rings. The number of sulfonamides is 1. The van der Waals surface area contributed by atoms with Crippen LogP contribution in [0.3, 0.4) is 0 Å². The molecule has 0 aliphatic carbocycles. The first kappa shape index (κ1) is 13.6. The van der Waals surface area contributed by atoms with Gasteiger partial charge in [0.15, 0.2) is 0 Å². The van der Waals surface area contributed by atoms with E-state index in [1.807, 2.05) is 25.1 Å². The Morgan fingerprint density at radius 1 is 1.29 bits per heavy atom. The first-order valence-electron chi connectivity index (χ1n) is 5.10. The monoisotopic (exact) mass is 253 g/mol. The zero-order chi connectivity index (χ0) is 12.9. The second kappa shape index (κ2) is 5.77. The molecule has 6 heteroatoms. The van der Waals surface area contributed by atoms with Crippen LogP contribution in [0, 0.1) is 11.3 Å². The van der Waals surface area contributed by atoms with Crippen LogP contribution < -0.4 is 4.72 Å². The minimum absolute atomic E-state index is 0.176. The SMILES string of the molecule is CN(C)CCNS(=O)(=O)c1ccc(C#N)cc1. The van der Waals surface area contributed by atoms with Gasteiger partial charge in [-0.15, -0.1) is 0 Å². The summed E-state index contributed by atoms with van der Waals surface area (Å²) in [7, 11) is 0.275. The van der Waals surface area contributed by atoms with Crippen molar-refractivity contribution in [2.45, 2.75) is 4.90 Å². The number of hydrogen-bond donors (Lipinski definition) is 1. The Balaban J connectivity index is 2.73. The first-order chi connectivity index (χ1) is 7.95. The highest BCUT2D eigenvalue weighted by Crippen LogP contribution is 2.09. The molecule has 0 aromatic heterocycles. The van der Waals surface area contributed by atoms with Crippen LogP contribution in [0.15, 0.2) is 29.2 Å². The fourth-order valence-electron chi connectivity index (χ4n) is 1.20. The maximum atomic E-state index is 11.8. The predicted molar refractivity (Wildman–Crippen MR) is 64.9 cm³/mol. The van der Waals surface area contributed by atoms with E-state index in [2.05, 4.69) is 4.72 Å². The van der Waals surface area contributed by atoms with E-state index in [0.717, 1.165) is 0 Å². The fraction of sp³-hybridized carbons (Fsp3) is 0.364. The molecule has 92 valence electrons. The topological polar surface area (TPSA) is 73.2 Å². The normalized spacial score (nSPS) is 11.4. The van der Waals surface area contributed by atoms with Gasteiger partial charge < -0.3 is 4.90 Å². The summed E-state index contributed by atoms with van der Waals surface area (Å²) >= 11 is 0. The molecule has 5 nitrogen and oxygen atoms in total. The van der Waals surface area contributed by atoms with E-state index in [1.165, 1.54) is 24.3 Å². The van der Waals surface area contributed by atoms with Crippen molar-refractivity contribution in [1.29, 1.82) is 5.26 Å². The number of nitrogens with one attached hydrogen (secondary N) is 1. The van der Waals surface area contributed by atoms with Gasteiger partial charge in [0.05, 0.1) is 16.5 Å². The molecule has 0 atom stereocenters. The van der Waals surface area contributed by atoms with Crippen molar-refractivity contribution in [3.63, 3.8) is 0 Å². The third kappa shape index (κ3) is 4.15. The van der Waals surface area contributed by atoms with E-state index in [4.69, 9.17) is 5.26 Å². The molecule has 0 bridgehead atoms. The second-order valence-corrected chi connectivity index (χ2v) is 5.60. The van der Waals surface area contributed by atoms with E-state index >= 15 is 0 Å². The van der Waals surface area contributed by atoms with Gasteiger partial charge in [0.25, 0.3) is 0 Å². The number of nitrogens with zero attached hydrogens (tertiary/aromatic N) is 2. The second-order valence-electron chi connectivity index (χ2n) is 3.84. The molecule has 0 heterocycles. The molecule has 1 aromatic rings. The summed E-state index contributed by atoms with van der Waals surface area (Å²) in [6.07, 6.45) is 0. The lowest BCUT2D eigenvalue weighted by atomic mass is 10.2. The molecule has 1 N–H and O–H groups in total. The van der Waals surface area contributed by atoms with Gasteiger partial charge >= 0.3 is 0 Å². The molecular formula is C11H15N3O2S. The molecule has 0 radical (unpaired) electrons. The van der Waals surface area contributed by atoms with Crippen LogP contribution in [0.5, 0.6) is 0 Å². The van der Waals surface area contributed by atoms with Gasteiger partial charge in [-0.1, -0.05) is 0 Å². The van der Waals surface area contributed by atoms with Crippen LogP contribution in [-0.2, 0) is 10.0 Å². The van der Waals surface area contributed by atoms with Crippen molar-refractivity contribution in [1.82, 2.24) is 9.62 Å². The lowest BCUT2D eigenvalue weighted by Gasteiger charge is -2.10. The zero-order valence-corrected chi connectivity index (χ0v) is 10.7. The van der Waals surface area contributed by atoms with Gasteiger partial charge in [-0.2, -0.15) is 5.26 Å². The predicted octanol–water partition coefficient (Wildman–Crippen LogP) is 0.398. The van der Waals surface area contributed by atoms with Crippen molar-refractivity contribution in [2.24, 2.45) is 0 Å². The third-order valence-electron chi connectivity index (χ3n) is 2.14. The summed E-state index contributed by atoms with van der Waals surface area (Å²) in [6, 6.07) is 7.77. The zero-order valence-electron chi connectivity index (χ0n) is 9.84. The standard InChI is InChI=1S/C11H15N3O2S/c1-14(2)8-7-13-17(15,16)11-5-3-10(9-12)4-6-11/h3-6,13H,7-8H2,1-2H3. The minimum atomic E-state index is -3.47. The number of likely N-dealkylation sites (N-methyl/N-ethyl adjacent to an activating group) is 1. The van der Waals surface area contributed by atoms with E-state index < -0.39 is 10.0 Å².